The van der Waals surface area contributed by atoms with Crippen molar-refractivity contribution < 1.29 is 0 Å². The summed E-state index contributed by atoms with van der Waals surface area (Å²) in [5.74, 6) is 0.858. The molecule has 0 aliphatic heterocycles. The highest BCUT2D eigenvalue weighted by atomic mass is 14.9. The maximum atomic E-state index is 3.73. The van der Waals surface area contributed by atoms with Crippen LogP contribution >= 0.6 is 0 Å². The molecule has 2 unspecified atom stereocenters. The first-order chi connectivity index (χ1) is 8.86. The van der Waals surface area contributed by atoms with E-state index in [0.717, 1.165) is 5.92 Å². The van der Waals surface area contributed by atoms with E-state index in [9.17, 15) is 0 Å². The van der Waals surface area contributed by atoms with Crippen molar-refractivity contribution in [3.63, 3.8) is 0 Å². The molecular weight excluding hydrogens is 218 g/mol. The zero-order valence-corrected chi connectivity index (χ0v) is 11.0. The second kappa shape index (κ2) is 5.01. The quantitative estimate of drug-likeness (QED) is 0.809. The highest BCUT2D eigenvalue weighted by Gasteiger charge is 2.25. The van der Waals surface area contributed by atoms with Gasteiger partial charge in [0.2, 0.25) is 0 Å². The van der Waals surface area contributed by atoms with Crippen molar-refractivity contribution in [2.45, 2.75) is 38.6 Å². The van der Waals surface area contributed by atoms with Crippen molar-refractivity contribution >= 4 is 16.5 Å². The van der Waals surface area contributed by atoms with E-state index in [4.69, 9.17) is 0 Å². The van der Waals surface area contributed by atoms with Crippen LogP contribution in [0.3, 0.4) is 0 Å². The minimum atomic E-state index is 0.677. The molecule has 1 fully saturated rings. The van der Waals surface area contributed by atoms with Crippen LogP contribution in [0.5, 0.6) is 0 Å². The lowest BCUT2D eigenvalue weighted by atomic mass is 10.00. The summed E-state index contributed by atoms with van der Waals surface area (Å²) >= 11 is 0. The minimum absolute atomic E-state index is 0.677. The first-order valence-corrected chi connectivity index (χ1v) is 7.12. The molecule has 1 nitrogen and oxygen atoms in total. The first-order valence-electron chi connectivity index (χ1n) is 7.12. The predicted octanol–water partition coefficient (Wildman–Crippen LogP) is 4.83. The van der Waals surface area contributed by atoms with Crippen molar-refractivity contribution in [1.82, 2.24) is 0 Å². The van der Waals surface area contributed by atoms with E-state index in [2.05, 4.69) is 54.7 Å². The van der Waals surface area contributed by atoms with Crippen molar-refractivity contribution in [3.8, 4) is 0 Å². The molecule has 1 aliphatic rings. The summed E-state index contributed by atoms with van der Waals surface area (Å²) in [6.07, 6.45) is 5.39. The normalized spacial score (nSPS) is 23.4. The van der Waals surface area contributed by atoms with Gasteiger partial charge in [0.25, 0.3) is 0 Å². The Balaban J connectivity index is 1.82. The molecule has 0 bridgehead atoms. The second-order valence-corrected chi connectivity index (χ2v) is 5.41. The van der Waals surface area contributed by atoms with Crippen LogP contribution in [0.25, 0.3) is 10.8 Å². The average Bonchev–Trinajstić information content (AvgIpc) is 2.86. The third-order valence-electron chi connectivity index (χ3n) is 4.28. The third-order valence-corrected chi connectivity index (χ3v) is 4.28. The Morgan fingerprint density at radius 2 is 1.89 bits per heavy atom. The summed E-state index contributed by atoms with van der Waals surface area (Å²) in [6.45, 7) is 2.31. The number of hydrogen-bond acceptors (Lipinski definition) is 1. The molecule has 18 heavy (non-hydrogen) atoms. The Bertz CT molecular complexity index is 532. The van der Waals surface area contributed by atoms with Gasteiger partial charge in [-0.3, -0.25) is 0 Å². The van der Waals surface area contributed by atoms with Crippen molar-refractivity contribution in [3.05, 3.63) is 42.5 Å². The van der Waals surface area contributed by atoms with Gasteiger partial charge in [-0.25, -0.2) is 0 Å². The van der Waals surface area contributed by atoms with E-state index >= 15 is 0 Å². The van der Waals surface area contributed by atoms with Gasteiger partial charge in [-0.15, -0.1) is 0 Å². The number of rotatable bonds is 3. The van der Waals surface area contributed by atoms with Crippen LogP contribution in [0.2, 0.25) is 0 Å². The fourth-order valence-electron chi connectivity index (χ4n) is 3.21. The predicted molar refractivity (Wildman–Crippen MR) is 79.0 cm³/mol. The Kier molecular flexibility index (Phi) is 3.22. The van der Waals surface area contributed by atoms with E-state index in [0.29, 0.717) is 6.04 Å². The molecule has 2 aromatic carbocycles. The second-order valence-electron chi connectivity index (χ2n) is 5.41. The Hall–Kier alpha value is -1.50. The average molecular weight is 239 g/mol. The molecule has 0 spiro atoms. The molecule has 2 aromatic rings. The Labute approximate surface area is 109 Å². The maximum absolute atomic E-state index is 3.73. The van der Waals surface area contributed by atoms with Gasteiger partial charge in [0.15, 0.2) is 0 Å². The Morgan fingerprint density at radius 1 is 1.06 bits per heavy atom. The standard InChI is InChI=1S/C17H21N/c1-2-13-8-5-9-17(13)18-16-11-10-14-6-3-4-7-15(14)12-16/h3-4,6-7,10-13,17-18H,2,5,8-9H2,1H3. The van der Waals surface area contributed by atoms with E-state index in [1.807, 2.05) is 0 Å². The number of hydrogen-bond donors (Lipinski definition) is 1. The SMILES string of the molecule is CCC1CCCC1Nc1ccc2ccccc2c1. The molecular formula is C17H21N. The maximum Gasteiger partial charge on any atom is 0.0348 e. The molecule has 0 aromatic heterocycles. The van der Waals surface area contributed by atoms with Crippen LogP contribution < -0.4 is 5.32 Å². The smallest absolute Gasteiger partial charge is 0.0348 e. The lowest BCUT2D eigenvalue weighted by Gasteiger charge is -2.21. The summed E-state index contributed by atoms with van der Waals surface area (Å²) in [5, 5.41) is 6.38. The highest BCUT2D eigenvalue weighted by molar-refractivity contribution is 5.85. The summed E-state index contributed by atoms with van der Waals surface area (Å²) in [5.41, 5.74) is 1.28. The number of fused-ring (bicyclic) bond motifs is 1. The molecule has 1 heteroatoms. The van der Waals surface area contributed by atoms with Gasteiger partial charge < -0.3 is 5.32 Å². The van der Waals surface area contributed by atoms with Gasteiger partial charge in [-0.05, 0) is 41.7 Å². The molecule has 1 aliphatic carbocycles. The van der Waals surface area contributed by atoms with Crippen LogP contribution in [0.15, 0.2) is 42.5 Å². The van der Waals surface area contributed by atoms with Crippen LogP contribution in [0.4, 0.5) is 5.69 Å². The molecule has 0 radical (unpaired) electrons. The van der Waals surface area contributed by atoms with Gasteiger partial charge >= 0.3 is 0 Å². The first kappa shape index (κ1) is 11.6. The zero-order chi connectivity index (χ0) is 12.4. The van der Waals surface area contributed by atoms with Crippen molar-refractivity contribution in [2.75, 3.05) is 5.32 Å². The van der Waals surface area contributed by atoms with Gasteiger partial charge in [-0.1, -0.05) is 50.1 Å². The van der Waals surface area contributed by atoms with Gasteiger partial charge in [-0.2, -0.15) is 0 Å². The van der Waals surface area contributed by atoms with Crippen molar-refractivity contribution in [2.24, 2.45) is 5.92 Å². The zero-order valence-electron chi connectivity index (χ0n) is 11.0. The lowest BCUT2D eigenvalue weighted by Crippen LogP contribution is -2.23. The van der Waals surface area contributed by atoms with Gasteiger partial charge in [0.05, 0.1) is 0 Å². The molecule has 0 saturated heterocycles. The molecule has 1 N–H and O–H groups in total. The summed E-state index contributed by atoms with van der Waals surface area (Å²) in [7, 11) is 0. The van der Waals surface area contributed by atoms with Crippen molar-refractivity contribution in [1.29, 1.82) is 0 Å². The number of nitrogens with one attached hydrogen (secondary N) is 1. The minimum Gasteiger partial charge on any atom is -0.382 e. The largest absolute Gasteiger partial charge is 0.382 e. The summed E-state index contributed by atoms with van der Waals surface area (Å²) < 4.78 is 0. The fraction of sp³-hybridized carbons (Fsp3) is 0.412. The van der Waals surface area contributed by atoms with Gasteiger partial charge in [0, 0.05) is 11.7 Å². The monoisotopic (exact) mass is 239 g/mol. The van der Waals surface area contributed by atoms with E-state index in [1.165, 1.54) is 42.1 Å². The highest BCUT2D eigenvalue weighted by Crippen LogP contribution is 2.31. The lowest BCUT2D eigenvalue weighted by molar-refractivity contribution is 0.489. The number of anilines is 1. The molecule has 94 valence electrons. The van der Waals surface area contributed by atoms with Crippen LogP contribution in [0, 0.1) is 5.92 Å². The number of benzene rings is 2. The van der Waals surface area contributed by atoms with E-state index < -0.39 is 0 Å². The van der Waals surface area contributed by atoms with E-state index in [1.54, 1.807) is 0 Å². The fourth-order valence-corrected chi connectivity index (χ4v) is 3.21. The van der Waals surface area contributed by atoms with Gasteiger partial charge in [0.1, 0.15) is 0 Å². The molecule has 2 atom stereocenters. The summed E-state index contributed by atoms with van der Waals surface area (Å²) in [6, 6.07) is 15.9. The molecule has 0 amide bonds. The van der Waals surface area contributed by atoms with E-state index in [-0.39, 0.29) is 0 Å². The van der Waals surface area contributed by atoms with Crippen LogP contribution in [0.1, 0.15) is 32.6 Å². The Morgan fingerprint density at radius 3 is 2.72 bits per heavy atom. The van der Waals surface area contributed by atoms with Crippen LogP contribution in [-0.2, 0) is 0 Å². The topological polar surface area (TPSA) is 12.0 Å². The molecule has 3 rings (SSSR count). The summed E-state index contributed by atoms with van der Waals surface area (Å²) in [4.78, 5) is 0. The van der Waals surface area contributed by atoms with Crippen LogP contribution in [-0.4, -0.2) is 6.04 Å². The third kappa shape index (κ3) is 2.22. The molecule has 1 saturated carbocycles. The molecule has 0 heterocycles.